The van der Waals surface area contributed by atoms with Gasteiger partial charge in [-0.3, -0.25) is 4.79 Å². The number of rotatable bonds is 5. The Kier molecular flexibility index (Phi) is 5.61. The molecule has 1 aromatic carbocycles. The summed E-state index contributed by atoms with van der Waals surface area (Å²) >= 11 is 13.7. The summed E-state index contributed by atoms with van der Waals surface area (Å²) in [7, 11) is 1.92. The molecule has 20 heavy (non-hydrogen) atoms. The smallest absolute Gasteiger partial charge is 0.236 e. The third-order valence-electron chi connectivity index (χ3n) is 3.30. The average molecular weight is 333 g/mol. The van der Waals surface area contributed by atoms with Crippen molar-refractivity contribution >= 4 is 40.9 Å². The van der Waals surface area contributed by atoms with E-state index in [1.54, 1.807) is 17.8 Å². The fourth-order valence-electron chi connectivity index (χ4n) is 2.25. The number of carbonyl (C=O) groups excluding carboxylic acids is 1. The maximum absolute atomic E-state index is 12.3. The number of carbonyl (C=O) groups is 1. The maximum atomic E-state index is 12.3. The highest BCUT2D eigenvalue weighted by Crippen LogP contribution is 2.43. The van der Waals surface area contributed by atoms with Gasteiger partial charge in [0.15, 0.2) is 0 Å². The number of hydrogen-bond acceptors (Lipinski definition) is 3. The summed E-state index contributed by atoms with van der Waals surface area (Å²) in [6, 6.07) is 5.60. The summed E-state index contributed by atoms with van der Waals surface area (Å²) in [4.78, 5) is 14.2. The van der Waals surface area contributed by atoms with E-state index in [1.807, 2.05) is 31.0 Å². The predicted octanol–water partition coefficient (Wildman–Crippen LogP) is 3.57. The molecule has 2 atom stereocenters. The molecule has 3 nitrogen and oxygen atoms in total. The van der Waals surface area contributed by atoms with Crippen molar-refractivity contribution in [3.8, 4) is 0 Å². The van der Waals surface area contributed by atoms with Gasteiger partial charge in [-0.25, -0.2) is 0 Å². The highest BCUT2D eigenvalue weighted by atomic mass is 35.5. The summed E-state index contributed by atoms with van der Waals surface area (Å²) in [6.07, 6.45) is 0.938. The zero-order valence-corrected chi connectivity index (χ0v) is 13.9. The van der Waals surface area contributed by atoms with Crippen LogP contribution in [0.5, 0.6) is 0 Å². The normalized spacial score (nSPS) is 22.6. The van der Waals surface area contributed by atoms with Crippen LogP contribution in [0, 0.1) is 0 Å². The molecule has 110 valence electrons. The van der Waals surface area contributed by atoms with Crippen molar-refractivity contribution in [2.75, 3.05) is 20.1 Å². The van der Waals surface area contributed by atoms with Gasteiger partial charge in [0.25, 0.3) is 0 Å². The van der Waals surface area contributed by atoms with E-state index < -0.39 is 0 Å². The molecule has 0 bridgehead atoms. The minimum absolute atomic E-state index is 0.0101. The van der Waals surface area contributed by atoms with Crippen LogP contribution in [0.3, 0.4) is 0 Å². The van der Waals surface area contributed by atoms with Gasteiger partial charge >= 0.3 is 0 Å². The molecule has 0 aliphatic carbocycles. The lowest BCUT2D eigenvalue weighted by molar-refractivity contribution is -0.129. The maximum Gasteiger partial charge on any atom is 0.236 e. The van der Waals surface area contributed by atoms with Crippen LogP contribution in [0.1, 0.15) is 24.3 Å². The molecule has 1 heterocycles. The molecular weight excluding hydrogens is 315 g/mol. The van der Waals surface area contributed by atoms with E-state index in [0.29, 0.717) is 10.0 Å². The van der Waals surface area contributed by atoms with Crippen molar-refractivity contribution in [1.29, 1.82) is 0 Å². The quantitative estimate of drug-likeness (QED) is 0.836. The van der Waals surface area contributed by atoms with E-state index in [9.17, 15) is 4.79 Å². The summed E-state index contributed by atoms with van der Waals surface area (Å²) in [5.41, 5.74) is 1.03. The van der Waals surface area contributed by atoms with Gasteiger partial charge in [-0.2, -0.15) is 0 Å². The fraction of sp³-hybridized carbons (Fsp3) is 0.500. The lowest BCUT2D eigenvalue weighted by atomic mass is 10.2. The average Bonchev–Trinajstić information content (AvgIpc) is 2.70. The number of thioether (sulfide) groups is 1. The Morgan fingerprint density at radius 2 is 2.10 bits per heavy atom. The zero-order chi connectivity index (χ0) is 14.7. The highest BCUT2D eigenvalue weighted by Gasteiger charge is 2.38. The molecule has 1 aromatic rings. The van der Waals surface area contributed by atoms with Crippen molar-refractivity contribution in [2.45, 2.75) is 24.0 Å². The van der Waals surface area contributed by atoms with Gasteiger partial charge in [0.05, 0.1) is 15.3 Å². The Labute approximate surface area is 134 Å². The van der Waals surface area contributed by atoms with E-state index in [0.717, 1.165) is 25.1 Å². The van der Waals surface area contributed by atoms with Crippen molar-refractivity contribution < 1.29 is 4.79 Å². The van der Waals surface area contributed by atoms with E-state index >= 15 is 0 Å². The molecule has 0 spiro atoms. The van der Waals surface area contributed by atoms with Gasteiger partial charge in [0.1, 0.15) is 5.37 Å². The number of nitrogens with one attached hydrogen (secondary N) is 1. The third-order valence-corrected chi connectivity index (χ3v) is 5.43. The topological polar surface area (TPSA) is 32.3 Å². The second-order valence-electron chi connectivity index (χ2n) is 4.79. The van der Waals surface area contributed by atoms with Crippen LogP contribution in [0.15, 0.2) is 18.2 Å². The van der Waals surface area contributed by atoms with Gasteiger partial charge in [-0.05, 0) is 44.6 Å². The van der Waals surface area contributed by atoms with E-state index in [4.69, 9.17) is 23.2 Å². The number of nitrogens with zero attached hydrogens (tertiary/aromatic N) is 1. The fourth-order valence-corrected chi connectivity index (χ4v) is 3.86. The molecule has 1 aliphatic heterocycles. The zero-order valence-electron chi connectivity index (χ0n) is 11.5. The molecule has 6 heteroatoms. The molecule has 1 saturated heterocycles. The first-order valence-electron chi connectivity index (χ1n) is 6.60. The first-order valence-corrected chi connectivity index (χ1v) is 8.30. The molecule has 2 rings (SSSR count). The summed E-state index contributed by atoms with van der Waals surface area (Å²) in [5, 5.41) is 4.20. The minimum atomic E-state index is -0.0101. The lowest BCUT2D eigenvalue weighted by Gasteiger charge is -2.24. The summed E-state index contributed by atoms with van der Waals surface area (Å²) in [6.45, 7) is 3.61. The third kappa shape index (κ3) is 3.42. The van der Waals surface area contributed by atoms with Crippen LogP contribution in [0.2, 0.25) is 10.0 Å². The summed E-state index contributed by atoms with van der Waals surface area (Å²) < 4.78 is 0. The lowest BCUT2D eigenvalue weighted by Crippen LogP contribution is -2.32. The molecular formula is C14H18Cl2N2OS. The second kappa shape index (κ2) is 7.03. The Morgan fingerprint density at radius 1 is 1.35 bits per heavy atom. The van der Waals surface area contributed by atoms with Crippen molar-refractivity contribution in [1.82, 2.24) is 10.2 Å². The van der Waals surface area contributed by atoms with Crippen molar-refractivity contribution in [3.05, 3.63) is 33.8 Å². The molecule has 1 aliphatic rings. The molecule has 1 N–H and O–H groups in total. The van der Waals surface area contributed by atoms with E-state index in [2.05, 4.69) is 5.32 Å². The Hall–Kier alpha value is -0.420. The van der Waals surface area contributed by atoms with E-state index in [-0.39, 0.29) is 16.5 Å². The van der Waals surface area contributed by atoms with Crippen LogP contribution in [0.25, 0.3) is 0 Å². The Balaban J connectivity index is 2.18. The number of benzene rings is 1. The molecule has 0 aromatic heterocycles. The first kappa shape index (κ1) is 16.0. The molecule has 1 fully saturated rings. The standard InChI is InChI=1S/C14H18Cl2N2OS/c1-9-13(19)18(7-3-6-17-2)14(20-9)10-4-5-11(15)12(16)8-10/h4-5,8-9,14,17H,3,6-7H2,1-2H3. The Morgan fingerprint density at radius 3 is 2.75 bits per heavy atom. The van der Waals surface area contributed by atoms with Gasteiger partial charge < -0.3 is 10.2 Å². The molecule has 0 saturated carbocycles. The first-order chi connectivity index (χ1) is 9.54. The van der Waals surface area contributed by atoms with Crippen LogP contribution < -0.4 is 5.32 Å². The minimum Gasteiger partial charge on any atom is -0.326 e. The van der Waals surface area contributed by atoms with Crippen molar-refractivity contribution in [3.63, 3.8) is 0 Å². The second-order valence-corrected chi connectivity index (χ2v) is 7.03. The summed E-state index contributed by atoms with van der Waals surface area (Å²) in [5.74, 6) is 0.196. The predicted molar refractivity (Wildman–Crippen MR) is 86.5 cm³/mol. The number of amides is 1. The number of hydrogen-bond donors (Lipinski definition) is 1. The highest BCUT2D eigenvalue weighted by molar-refractivity contribution is 8.01. The van der Waals surface area contributed by atoms with Gasteiger partial charge in [0, 0.05) is 6.54 Å². The van der Waals surface area contributed by atoms with Gasteiger partial charge in [-0.1, -0.05) is 29.3 Å². The van der Waals surface area contributed by atoms with E-state index in [1.165, 1.54) is 0 Å². The Bertz CT molecular complexity index is 498. The van der Waals surface area contributed by atoms with Gasteiger partial charge in [-0.15, -0.1) is 11.8 Å². The number of halogens is 2. The van der Waals surface area contributed by atoms with Crippen molar-refractivity contribution in [2.24, 2.45) is 0 Å². The van der Waals surface area contributed by atoms with Crippen LogP contribution in [0.4, 0.5) is 0 Å². The largest absolute Gasteiger partial charge is 0.326 e. The van der Waals surface area contributed by atoms with Crippen LogP contribution >= 0.6 is 35.0 Å². The molecule has 0 radical (unpaired) electrons. The van der Waals surface area contributed by atoms with Crippen LogP contribution in [-0.2, 0) is 4.79 Å². The molecule has 2 unspecified atom stereocenters. The monoisotopic (exact) mass is 332 g/mol. The van der Waals surface area contributed by atoms with Gasteiger partial charge in [0.2, 0.25) is 5.91 Å². The SMILES string of the molecule is CNCCCN1C(=O)C(C)SC1c1ccc(Cl)c(Cl)c1. The molecule has 1 amide bonds. The van der Waals surface area contributed by atoms with Crippen LogP contribution in [-0.4, -0.2) is 36.2 Å².